The molecule has 0 saturated heterocycles. The van der Waals surface area contributed by atoms with E-state index >= 15 is 0 Å². The lowest BCUT2D eigenvalue weighted by Gasteiger charge is -2.09. The van der Waals surface area contributed by atoms with Gasteiger partial charge in [0.1, 0.15) is 0 Å². The lowest BCUT2D eigenvalue weighted by Crippen LogP contribution is -1.83. The minimum atomic E-state index is 0.698. The average molecular weight is 353 g/mol. The molecule has 0 heterocycles. The maximum absolute atomic E-state index is 9.24. The maximum Gasteiger partial charge on any atom is 0.0991 e. The molecular weight excluding hydrogens is 338 g/mol. The molecule has 1 heteroatoms. The van der Waals surface area contributed by atoms with Crippen molar-refractivity contribution in [3.8, 4) is 6.07 Å². The van der Waals surface area contributed by atoms with Gasteiger partial charge in [-0.05, 0) is 102 Å². The SMILES string of the molecule is N#Cc1ccc2cc3ccc4cc5cc6ccccc6cc5cc4c3cc2c1. The van der Waals surface area contributed by atoms with E-state index < -0.39 is 0 Å². The molecule has 6 rings (SSSR count). The second-order valence-electron chi connectivity index (χ2n) is 7.43. The fraction of sp³-hybridized carbons (Fsp3) is 0. The molecule has 0 radical (unpaired) electrons. The third-order valence-electron chi connectivity index (χ3n) is 5.74. The first-order valence-electron chi connectivity index (χ1n) is 9.41. The molecule has 0 aliphatic carbocycles. The number of benzene rings is 6. The predicted octanol–water partition coefficient (Wildman–Crippen LogP) is 7.32. The molecule has 1 nitrogen and oxygen atoms in total. The van der Waals surface area contributed by atoms with Gasteiger partial charge in [-0.1, -0.05) is 42.5 Å². The Balaban J connectivity index is 1.74. The predicted molar refractivity (Wildman–Crippen MR) is 119 cm³/mol. The Bertz CT molecular complexity index is 1620. The molecule has 0 unspecified atom stereocenters. The second kappa shape index (κ2) is 5.55. The maximum atomic E-state index is 9.24. The van der Waals surface area contributed by atoms with Gasteiger partial charge in [0.25, 0.3) is 0 Å². The van der Waals surface area contributed by atoms with E-state index in [0.29, 0.717) is 5.56 Å². The van der Waals surface area contributed by atoms with Crippen molar-refractivity contribution in [1.82, 2.24) is 0 Å². The normalized spacial score (nSPS) is 11.5. The third-order valence-corrected chi connectivity index (χ3v) is 5.74. The number of nitrogens with zero attached hydrogens (tertiary/aromatic N) is 1. The van der Waals surface area contributed by atoms with Crippen molar-refractivity contribution in [1.29, 1.82) is 5.26 Å². The molecule has 0 aliphatic rings. The van der Waals surface area contributed by atoms with Gasteiger partial charge in [0.05, 0.1) is 11.6 Å². The number of rotatable bonds is 0. The monoisotopic (exact) mass is 353 g/mol. The van der Waals surface area contributed by atoms with Gasteiger partial charge in [0.15, 0.2) is 0 Å². The summed E-state index contributed by atoms with van der Waals surface area (Å²) in [5.74, 6) is 0. The van der Waals surface area contributed by atoms with Gasteiger partial charge < -0.3 is 0 Å². The Morgan fingerprint density at radius 2 is 0.893 bits per heavy atom. The number of hydrogen-bond acceptors (Lipinski definition) is 1. The van der Waals surface area contributed by atoms with E-state index in [1.165, 1.54) is 43.1 Å². The molecule has 0 aliphatic heterocycles. The van der Waals surface area contributed by atoms with Crippen molar-refractivity contribution in [2.24, 2.45) is 0 Å². The molecule has 0 spiro atoms. The molecular formula is C27H15N. The molecule has 0 fully saturated rings. The molecule has 0 atom stereocenters. The summed E-state index contributed by atoms with van der Waals surface area (Å²) >= 11 is 0. The first-order chi connectivity index (χ1) is 13.8. The van der Waals surface area contributed by atoms with Crippen LogP contribution in [0.2, 0.25) is 0 Å². The zero-order valence-electron chi connectivity index (χ0n) is 15.1. The van der Waals surface area contributed by atoms with E-state index in [-0.39, 0.29) is 0 Å². The Morgan fingerprint density at radius 1 is 0.429 bits per heavy atom. The van der Waals surface area contributed by atoms with E-state index in [2.05, 4.69) is 78.9 Å². The van der Waals surface area contributed by atoms with Crippen LogP contribution in [0, 0.1) is 11.3 Å². The van der Waals surface area contributed by atoms with Crippen LogP contribution in [-0.4, -0.2) is 0 Å². The van der Waals surface area contributed by atoms with Gasteiger partial charge in [-0.15, -0.1) is 0 Å². The Morgan fingerprint density at radius 3 is 1.54 bits per heavy atom. The summed E-state index contributed by atoms with van der Waals surface area (Å²) in [6, 6.07) is 34.6. The smallest absolute Gasteiger partial charge is 0.0991 e. The topological polar surface area (TPSA) is 23.8 Å². The van der Waals surface area contributed by atoms with Crippen LogP contribution < -0.4 is 0 Å². The number of fused-ring (bicyclic) bond motifs is 6. The van der Waals surface area contributed by atoms with E-state index in [4.69, 9.17) is 0 Å². The highest BCUT2D eigenvalue weighted by Crippen LogP contribution is 2.33. The standard InChI is InChI=1S/C27H15N/c28-16-17-5-6-20-10-21-7-8-22-13-24-11-18-3-1-2-4-19(18)12-25(24)15-27(22)26(21)14-23(20)9-17/h1-15H. The van der Waals surface area contributed by atoms with Gasteiger partial charge in [-0.3, -0.25) is 0 Å². The quantitative estimate of drug-likeness (QED) is 0.207. The second-order valence-corrected chi connectivity index (χ2v) is 7.43. The molecule has 6 aromatic rings. The first-order valence-corrected chi connectivity index (χ1v) is 9.41. The molecule has 0 amide bonds. The Hall–Kier alpha value is -3.89. The van der Waals surface area contributed by atoms with Crippen LogP contribution in [0.25, 0.3) is 53.9 Å². The number of hydrogen-bond donors (Lipinski definition) is 0. The summed E-state index contributed by atoms with van der Waals surface area (Å²) in [5, 5.41) is 21.5. The van der Waals surface area contributed by atoms with Gasteiger partial charge in [-0.2, -0.15) is 5.26 Å². The highest BCUT2D eigenvalue weighted by atomic mass is 14.2. The molecule has 0 aromatic heterocycles. The summed E-state index contributed by atoms with van der Waals surface area (Å²) < 4.78 is 0. The summed E-state index contributed by atoms with van der Waals surface area (Å²) in [6.07, 6.45) is 0. The number of nitriles is 1. The zero-order valence-corrected chi connectivity index (χ0v) is 15.1. The van der Waals surface area contributed by atoms with Crippen LogP contribution in [0.3, 0.4) is 0 Å². The van der Waals surface area contributed by atoms with Gasteiger partial charge in [-0.25, -0.2) is 0 Å². The van der Waals surface area contributed by atoms with Crippen LogP contribution in [-0.2, 0) is 0 Å². The van der Waals surface area contributed by atoms with E-state index in [1.807, 2.05) is 18.2 Å². The third kappa shape index (κ3) is 2.19. The van der Waals surface area contributed by atoms with Gasteiger partial charge in [0, 0.05) is 0 Å². The van der Waals surface area contributed by atoms with Crippen molar-refractivity contribution < 1.29 is 0 Å². The fourth-order valence-electron chi connectivity index (χ4n) is 4.32. The van der Waals surface area contributed by atoms with Crippen molar-refractivity contribution in [3.05, 3.63) is 96.6 Å². The summed E-state index contributed by atoms with van der Waals surface area (Å²) in [5.41, 5.74) is 0.698. The Kier molecular flexibility index (Phi) is 3.01. The van der Waals surface area contributed by atoms with Crippen LogP contribution in [0.15, 0.2) is 91.0 Å². The van der Waals surface area contributed by atoms with Crippen LogP contribution in [0.5, 0.6) is 0 Å². The van der Waals surface area contributed by atoms with E-state index in [1.54, 1.807) is 0 Å². The molecule has 0 saturated carbocycles. The van der Waals surface area contributed by atoms with Crippen LogP contribution in [0.1, 0.15) is 5.56 Å². The molecule has 6 aromatic carbocycles. The first kappa shape index (κ1) is 15.2. The largest absolute Gasteiger partial charge is 0.192 e. The fourth-order valence-corrected chi connectivity index (χ4v) is 4.32. The van der Waals surface area contributed by atoms with Crippen molar-refractivity contribution >= 4 is 53.9 Å². The average Bonchev–Trinajstić information content (AvgIpc) is 2.74. The minimum absolute atomic E-state index is 0.698. The van der Waals surface area contributed by atoms with Gasteiger partial charge >= 0.3 is 0 Å². The zero-order chi connectivity index (χ0) is 18.7. The Labute approximate surface area is 162 Å². The van der Waals surface area contributed by atoms with Gasteiger partial charge in [0.2, 0.25) is 0 Å². The summed E-state index contributed by atoms with van der Waals surface area (Å²) in [7, 11) is 0. The van der Waals surface area contributed by atoms with Crippen LogP contribution >= 0.6 is 0 Å². The highest BCUT2D eigenvalue weighted by Gasteiger charge is 2.06. The summed E-state index contributed by atoms with van der Waals surface area (Å²) in [4.78, 5) is 0. The van der Waals surface area contributed by atoms with E-state index in [9.17, 15) is 5.26 Å². The summed E-state index contributed by atoms with van der Waals surface area (Å²) in [6.45, 7) is 0. The molecule has 0 bridgehead atoms. The molecule has 128 valence electrons. The highest BCUT2D eigenvalue weighted by molar-refractivity contribution is 6.16. The van der Waals surface area contributed by atoms with Crippen molar-refractivity contribution in [2.45, 2.75) is 0 Å². The van der Waals surface area contributed by atoms with Crippen molar-refractivity contribution in [3.63, 3.8) is 0 Å². The molecule has 28 heavy (non-hydrogen) atoms. The minimum Gasteiger partial charge on any atom is -0.192 e. The lowest BCUT2D eigenvalue weighted by molar-refractivity contribution is 1.50. The van der Waals surface area contributed by atoms with E-state index in [0.717, 1.165) is 10.8 Å². The lowest BCUT2D eigenvalue weighted by atomic mass is 9.94. The molecule has 0 N–H and O–H groups in total. The van der Waals surface area contributed by atoms with Crippen LogP contribution in [0.4, 0.5) is 0 Å². The van der Waals surface area contributed by atoms with Crippen molar-refractivity contribution in [2.75, 3.05) is 0 Å².